The third-order valence-corrected chi connectivity index (χ3v) is 5.94. The molecule has 0 spiro atoms. The van der Waals surface area contributed by atoms with Gasteiger partial charge in [0.15, 0.2) is 17.5 Å². The van der Waals surface area contributed by atoms with Crippen LogP contribution in [0, 0.1) is 0 Å². The van der Waals surface area contributed by atoms with Crippen molar-refractivity contribution < 1.29 is 18.9 Å². The van der Waals surface area contributed by atoms with Crippen LogP contribution in [0.1, 0.15) is 30.9 Å². The van der Waals surface area contributed by atoms with E-state index < -0.39 is 0 Å². The Morgan fingerprint density at radius 3 is 2.50 bits per heavy atom. The van der Waals surface area contributed by atoms with Gasteiger partial charge in [-0.3, -0.25) is 4.99 Å². The van der Waals surface area contributed by atoms with E-state index in [9.17, 15) is 0 Å². The monoisotopic (exact) mass is 553 g/mol. The second-order valence-electron chi connectivity index (χ2n) is 7.82. The summed E-state index contributed by atoms with van der Waals surface area (Å²) in [7, 11) is 1.79. The van der Waals surface area contributed by atoms with Crippen molar-refractivity contribution in [3.63, 3.8) is 0 Å². The van der Waals surface area contributed by atoms with E-state index in [2.05, 4.69) is 39.9 Å². The van der Waals surface area contributed by atoms with Gasteiger partial charge in [0.2, 0.25) is 6.79 Å². The van der Waals surface area contributed by atoms with Gasteiger partial charge in [-0.25, -0.2) is 0 Å². The van der Waals surface area contributed by atoms with Gasteiger partial charge in [-0.05, 0) is 55.2 Å². The van der Waals surface area contributed by atoms with Crippen LogP contribution < -0.4 is 24.8 Å². The summed E-state index contributed by atoms with van der Waals surface area (Å²) < 4.78 is 22.1. The summed E-state index contributed by atoms with van der Waals surface area (Å²) in [4.78, 5) is 4.41. The topological polar surface area (TPSA) is 73.3 Å². The highest BCUT2D eigenvalue weighted by atomic mass is 127. The summed E-state index contributed by atoms with van der Waals surface area (Å²) in [6.07, 6.45) is 1.93. The highest BCUT2D eigenvalue weighted by molar-refractivity contribution is 14.0. The summed E-state index contributed by atoms with van der Waals surface area (Å²) in [6, 6.07) is 14.5. The molecule has 0 saturated carbocycles. The molecule has 2 aromatic rings. The van der Waals surface area contributed by atoms with Crippen molar-refractivity contribution in [2.75, 3.05) is 40.2 Å². The SMILES string of the molecule is CCOc1ccc(C2(CNC(=NC)NCc3ccc4c(c3)OCO4)CCOCC2)cc1.I. The lowest BCUT2D eigenvalue weighted by Gasteiger charge is -2.38. The van der Waals surface area contributed by atoms with Crippen LogP contribution in [0.5, 0.6) is 17.2 Å². The first-order valence-corrected chi connectivity index (χ1v) is 10.9. The molecular formula is C24H32IN3O4. The van der Waals surface area contributed by atoms with Gasteiger partial charge in [0.25, 0.3) is 0 Å². The predicted molar refractivity (Wildman–Crippen MR) is 136 cm³/mol. The largest absolute Gasteiger partial charge is 0.494 e. The number of aliphatic imine (C=N–C) groups is 1. The van der Waals surface area contributed by atoms with E-state index in [0.29, 0.717) is 13.2 Å². The zero-order valence-corrected chi connectivity index (χ0v) is 21.0. The average Bonchev–Trinajstić information content (AvgIpc) is 3.28. The summed E-state index contributed by atoms with van der Waals surface area (Å²) >= 11 is 0. The Labute approximate surface area is 206 Å². The van der Waals surface area contributed by atoms with Crippen molar-refractivity contribution in [2.45, 2.75) is 31.7 Å². The lowest BCUT2D eigenvalue weighted by Crippen LogP contribution is -2.47. The van der Waals surface area contributed by atoms with E-state index in [0.717, 1.165) is 61.4 Å². The van der Waals surface area contributed by atoms with Crippen LogP contribution in [0.15, 0.2) is 47.5 Å². The van der Waals surface area contributed by atoms with Crippen LogP contribution in [-0.2, 0) is 16.7 Å². The molecule has 2 heterocycles. The molecule has 2 aliphatic heterocycles. The third-order valence-electron chi connectivity index (χ3n) is 5.94. The molecular weight excluding hydrogens is 521 g/mol. The quantitative estimate of drug-likeness (QED) is 0.309. The third kappa shape index (κ3) is 5.78. The van der Waals surface area contributed by atoms with E-state index in [4.69, 9.17) is 18.9 Å². The molecule has 0 aromatic heterocycles. The molecule has 4 rings (SSSR count). The Hall–Kier alpha value is -2.20. The molecule has 0 radical (unpaired) electrons. The van der Waals surface area contributed by atoms with E-state index in [1.54, 1.807) is 7.05 Å². The van der Waals surface area contributed by atoms with Gasteiger partial charge < -0.3 is 29.6 Å². The zero-order chi connectivity index (χ0) is 21.5. The van der Waals surface area contributed by atoms with Crippen LogP contribution in [0.3, 0.4) is 0 Å². The van der Waals surface area contributed by atoms with E-state index in [1.165, 1.54) is 5.56 Å². The van der Waals surface area contributed by atoms with Crippen molar-refractivity contribution in [2.24, 2.45) is 4.99 Å². The lowest BCUT2D eigenvalue weighted by molar-refractivity contribution is 0.0513. The Morgan fingerprint density at radius 2 is 1.78 bits per heavy atom. The molecule has 1 saturated heterocycles. The van der Waals surface area contributed by atoms with Crippen LogP contribution in [-0.4, -0.2) is 46.2 Å². The van der Waals surface area contributed by atoms with Crippen LogP contribution in [0.4, 0.5) is 0 Å². The molecule has 0 aliphatic carbocycles. The number of rotatable bonds is 7. The molecule has 2 N–H and O–H groups in total. The lowest BCUT2D eigenvalue weighted by atomic mass is 9.74. The fourth-order valence-corrected chi connectivity index (χ4v) is 4.11. The first-order valence-electron chi connectivity index (χ1n) is 10.9. The van der Waals surface area contributed by atoms with Gasteiger partial charge in [-0.1, -0.05) is 18.2 Å². The second-order valence-corrected chi connectivity index (χ2v) is 7.82. The molecule has 7 nitrogen and oxygen atoms in total. The van der Waals surface area contributed by atoms with Crippen molar-refractivity contribution in [1.82, 2.24) is 10.6 Å². The minimum Gasteiger partial charge on any atom is -0.494 e. The smallest absolute Gasteiger partial charge is 0.231 e. The molecule has 2 aromatic carbocycles. The number of benzene rings is 2. The fraction of sp³-hybridized carbons (Fsp3) is 0.458. The maximum atomic E-state index is 5.66. The van der Waals surface area contributed by atoms with E-state index in [1.807, 2.05) is 25.1 Å². The fourth-order valence-electron chi connectivity index (χ4n) is 4.11. The number of hydrogen-bond donors (Lipinski definition) is 2. The van der Waals surface area contributed by atoms with Gasteiger partial charge in [0.1, 0.15) is 5.75 Å². The molecule has 1 fully saturated rings. The van der Waals surface area contributed by atoms with Crippen LogP contribution >= 0.6 is 24.0 Å². The minimum atomic E-state index is -0.000632. The van der Waals surface area contributed by atoms with Crippen molar-refractivity contribution in [3.8, 4) is 17.2 Å². The average molecular weight is 553 g/mol. The second kappa shape index (κ2) is 11.6. The first kappa shape index (κ1) is 24.4. The number of nitrogens with one attached hydrogen (secondary N) is 2. The molecule has 32 heavy (non-hydrogen) atoms. The number of ether oxygens (including phenoxy) is 4. The summed E-state index contributed by atoms with van der Waals surface area (Å²) in [5.74, 6) is 3.26. The van der Waals surface area contributed by atoms with E-state index >= 15 is 0 Å². The number of halogens is 1. The van der Waals surface area contributed by atoms with Crippen molar-refractivity contribution in [3.05, 3.63) is 53.6 Å². The van der Waals surface area contributed by atoms with Gasteiger partial charge in [-0.15, -0.1) is 24.0 Å². The predicted octanol–water partition coefficient (Wildman–Crippen LogP) is 3.85. The molecule has 2 aliphatic rings. The van der Waals surface area contributed by atoms with E-state index in [-0.39, 0.29) is 36.2 Å². The van der Waals surface area contributed by atoms with Gasteiger partial charge in [0, 0.05) is 38.8 Å². The number of hydrogen-bond acceptors (Lipinski definition) is 5. The Balaban J connectivity index is 0.00000289. The highest BCUT2D eigenvalue weighted by Gasteiger charge is 2.34. The van der Waals surface area contributed by atoms with Gasteiger partial charge >= 0.3 is 0 Å². The van der Waals surface area contributed by atoms with Gasteiger partial charge in [-0.2, -0.15) is 0 Å². The molecule has 0 amide bonds. The van der Waals surface area contributed by atoms with Crippen molar-refractivity contribution in [1.29, 1.82) is 0 Å². The number of fused-ring (bicyclic) bond motifs is 1. The summed E-state index contributed by atoms with van der Waals surface area (Å²) in [5, 5.41) is 6.94. The first-order chi connectivity index (χ1) is 15.2. The van der Waals surface area contributed by atoms with Crippen molar-refractivity contribution >= 4 is 29.9 Å². The Morgan fingerprint density at radius 1 is 1.03 bits per heavy atom. The number of nitrogens with zero attached hydrogens (tertiary/aromatic N) is 1. The maximum absolute atomic E-state index is 5.66. The molecule has 0 unspecified atom stereocenters. The summed E-state index contributed by atoms with van der Waals surface area (Å²) in [6.45, 7) is 5.91. The Kier molecular flexibility index (Phi) is 8.86. The zero-order valence-electron chi connectivity index (χ0n) is 18.7. The molecule has 0 bridgehead atoms. The summed E-state index contributed by atoms with van der Waals surface area (Å²) in [5.41, 5.74) is 2.41. The number of guanidine groups is 1. The minimum absolute atomic E-state index is 0. The molecule has 174 valence electrons. The van der Waals surface area contributed by atoms with Crippen LogP contribution in [0.25, 0.3) is 0 Å². The van der Waals surface area contributed by atoms with Crippen LogP contribution in [0.2, 0.25) is 0 Å². The highest BCUT2D eigenvalue weighted by Crippen LogP contribution is 2.35. The van der Waals surface area contributed by atoms with Gasteiger partial charge in [0.05, 0.1) is 6.61 Å². The normalized spacial score (nSPS) is 16.8. The Bertz CT molecular complexity index is 899. The maximum Gasteiger partial charge on any atom is 0.231 e. The molecule has 0 atom stereocenters. The standard InChI is InChI=1S/C24H31N3O4.HI/c1-3-29-20-7-5-19(6-8-20)24(10-12-28-13-11-24)16-27-23(25-2)26-15-18-4-9-21-22(14-18)31-17-30-21;/h4-9,14H,3,10-13,15-17H2,1-2H3,(H2,25,26,27);1H. The molecule has 8 heteroatoms.